The summed E-state index contributed by atoms with van der Waals surface area (Å²) in [7, 11) is 0. The number of benzene rings is 1. The number of phenolic OH excluding ortho intramolecular Hbond substituents is 1. The molecule has 4 aliphatic rings. The van der Waals surface area contributed by atoms with E-state index in [0.29, 0.717) is 12.2 Å². The minimum atomic E-state index is -1.30. The fourth-order valence-corrected chi connectivity index (χ4v) is 6.14. The molecule has 0 unspecified atom stereocenters. The van der Waals surface area contributed by atoms with E-state index >= 15 is 0 Å². The number of phenols is 1. The van der Waals surface area contributed by atoms with E-state index in [4.69, 9.17) is 4.74 Å². The van der Waals surface area contributed by atoms with Crippen LogP contribution in [0.1, 0.15) is 38.2 Å². The number of fused-ring (bicyclic) bond motifs is 5. The van der Waals surface area contributed by atoms with Gasteiger partial charge in [0.25, 0.3) is 0 Å². The highest BCUT2D eigenvalue weighted by Gasteiger charge is 2.69. The van der Waals surface area contributed by atoms with E-state index in [1.807, 2.05) is 6.07 Å². The van der Waals surface area contributed by atoms with Gasteiger partial charge in [0.2, 0.25) is 0 Å². The second kappa shape index (κ2) is 4.46. The first-order chi connectivity index (χ1) is 11.7. The minimum absolute atomic E-state index is 0.00196. The van der Waals surface area contributed by atoms with Crippen LogP contribution in [0, 0.1) is 23.2 Å². The molecule has 3 saturated carbocycles. The van der Waals surface area contributed by atoms with Gasteiger partial charge in [0.1, 0.15) is 17.3 Å². The lowest BCUT2D eigenvalue weighted by Gasteiger charge is -2.53. The Labute approximate surface area is 145 Å². The molecule has 1 heterocycles. The summed E-state index contributed by atoms with van der Waals surface area (Å²) < 4.78 is 5.76. The van der Waals surface area contributed by atoms with Crippen molar-refractivity contribution in [2.75, 3.05) is 0 Å². The second-order valence-electron chi connectivity index (χ2n) is 8.77. The third-order valence-electron chi connectivity index (χ3n) is 7.19. The number of ketones is 1. The van der Waals surface area contributed by atoms with E-state index in [2.05, 4.69) is 13.8 Å². The number of Topliss-reactive ketones (excluding diaryl/α,β-unsaturated/α-hetero) is 1. The minimum Gasteiger partial charge on any atom is -0.508 e. The number of hydrogen-bond donors (Lipinski definition) is 3. The quantitative estimate of drug-likeness (QED) is 0.672. The summed E-state index contributed by atoms with van der Waals surface area (Å²) in [5.74, 6) is 0.112. The third kappa shape index (κ3) is 1.73. The number of ether oxygens (including phenoxy) is 1. The molecule has 0 saturated heterocycles. The van der Waals surface area contributed by atoms with Crippen molar-refractivity contribution in [1.82, 2.24) is 0 Å². The van der Waals surface area contributed by atoms with Crippen molar-refractivity contribution in [2.24, 2.45) is 23.2 Å². The van der Waals surface area contributed by atoms with Crippen LogP contribution in [0.4, 0.5) is 0 Å². The zero-order chi connectivity index (χ0) is 17.7. The molecule has 3 fully saturated rings. The molecule has 0 aromatic heterocycles. The van der Waals surface area contributed by atoms with E-state index in [1.165, 1.54) is 0 Å². The van der Waals surface area contributed by atoms with E-state index in [9.17, 15) is 20.1 Å². The molecule has 132 valence electrons. The summed E-state index contributed by atoms with van der Waals surface area (Å²) in [6.07, 6.45) is 1.23. The van der Waals surface area contributed by atoms with Crippen LogP contribution in [0.5, 0.6) is 11.5 Å². The van der Waals surface area contributed by atoms with E-state index in [-0.39, 0.29) is 41.1 Å². The number of aliphatic hydroxyl groups excluding tert-OH is 1. The summed E-state index contributed by atoms with van der Waals surface area (Å²) in [4.78, 5) is 12.8. The van der Waals surface area contributed by atoms with Gasteiger partial charge in [-0.2, -0.15) is 0 Å². The number of rotatable bonds is 0. The highest BCUT2D eigenvalue weighted by Crippen LogP contribution is 2.68. The van der Waals surface area contributed by atoms with Gasteiger partial charge < -0.3 is 20.1 Å². The molecule has 1 aliphatic heterocycles. The highest BCUT2D eigenvalue weighted by molar-refractivity contribution is 5.88. The lowest BCUT2D eigenvalue weighted by molar-refractivity contribution is -0.149. The monoisotopic (exact) mass is 342 g/mol. The summed E-state index contributed by atoms with van der Waals surface area (Å²) in [5.41, 5.74) is 0.312. The standard InChI is InChI=1S/C20H22O5/c1-19(2)12-6-20(24)7-13(22)15(16(12)18(20)23)11-8-25-14-5-9(21)3-4-10(14)17(11)19/h3-5,8,12,15-18,21,23-24H,6-7H2,1-2H3/t12-,15+,16+,17+,18+,20+/m0/s1. The van der Waals surface area contributed by atoms with Gasteiger partial charge in [0.15, 0.2) is 0 Å². The molecule has 0 amide bonds. The maximum atomic E-state index is 12.8. The molecule has 5 nitrogen and oxygen atoms in total. The van der Waals surface area contributed by atoms with Crippen molar-refractivity contribution in [3.05, 3.63) is 35.6 Å². The Kier molecular flexibility index (Phi) is 2.75. The smallest absolute Gasteiger partial charge is 0.143 e. The van der Waals surface area contributed by atoms with Crippen LogP contribution in [0.3, 0.4) is 0 Å². The van der Waals surface area contributed by atoms with Crippen molar-refractivity contribution in [1.29, 1.82) is 0 Å². The third-order valence-corrected chi connectivity index (χ3v) is 7.19. The number of allylic oxidation sites excluding steroid dienone is 1. The van der Waals surface area contributed by atoms with Crippen molar-refractivity contribution < 1.29 is 24.9 Å². The molecule has 2 bridgehead atoms. The number of carbonyl (C=O) groups is 1. The summed E-state index contributed by atoms with van der Waals surface area (Å²) in [6, 6.07) is 5.10. The Morgan fingerprint density at radius 1 is 1.28 bits per heavy atom. The molecule has 0 radical (unpaired) electrons. The predicted octanol–water partition coefficient (Wildman–Crippen LogP) is 2.11. The lowest BCUT2D eigenvalue weighted by atomic mass is 9.51. The van der Waals surface area contributed by atoms with Crippen molar-refractivity contribution in [3.8, 4) is 11.5 Å². The normalized spacial score (nSPS) is 43.0. The zero-order valence-electron chi connectivity index (χ0n) is 14.3. The molecule has 0 spiro atoms. The van der Waals surface area contributed by atoms with Crippen molar-refractivity contribution in [3.63, 3.8) is 0 Å². The van der Waals surface area contributed by atoms with Crippen LogP contribution in [-0.4, -0.2) is 32.8 Å². The Hall–Kier alpha value is -1.85. The highest BCUT2D eigenvalue weighted by atomic mass is 16.5. The number of aromatic hydroxyl groups is 1. The Morgan fingerprint density at radius 2 is 2.04 bits per heavy atom. The molecule has 3 N–H and O–H groups in total. The molecule has 5 heteroatoms. The Bertz CT molecular complexity index is 825. The van der Waals surface area contributed by atoms with E-state index in [0.717, 1.165) is 11.1 Å². The Morgan fingerprint density at radius 3 is 2.80 bits per heavy atom. The first-order valence-electron chi connectivity index (χ1n) is 8.87. The van der Waals surface area contributed by atoms with Crippen LogP contribution >= 0.6 is 0 Å². The average molecular weight is 342 g/mol. The lowest BCUT2D eigenvalue weighted by Crippen LogP contribution is -2.55. The van der Waals surface area contributed by atoms with Crippen LogP contribution in [0.25, 0.3) is 0 Å². The molecular formula is C20H22O5. The van der Waals surface area contributed by atoms with Gasteiger partial charge in [-0.3, -0.25) is 4.79 Å². The number of hydrogen-bond acceptors (Lipinski definition) is 5. The summed E-state index contributed by atoms with van der Waals surface area (Å²) >= 11 is 0. The topological polar surface area (TPSA) is 87.0 Å². The largest absolute Gasteiger partial charge is 0.508 e. The van der Waals surface area contributed by atoms with Gasteiger partial charge in [0.05, 0.1) is 18.0 Å². The van der Waals surface area contributed by atoms with Gasteiger partial charge in [-0.05, 0) is 29.4 Å². The Balaban J connectivity index is 1.73. The molecule has 1 aromatic carbocycles. The number of aliphatic hydroxyl groups is 2. The van der Waals surface area contributed by atoms with Crippen LogP contribution in [-0.2, 0) is 4.79 Å². The van der Waals surface area contributed by atoms with Crippen LogP contribution in [0.2, 0.25) is 0 Å². The first kappa shape index (κ1) is 15.4. The SMILES string of the molecule is CC1(C)[C@H]2C(=COc3cc(O)ccc32)[C@@H]2C(=O)C[C@]3(O)C[C@H]1[C@H]2[C@H]3O. The molecule has 1 aromatic rings. The molecule has 3 aliphatic carbocycles. The molecular weight excluding hydrogens is 320 g/mol. The van der Waals surface area contributed by atoms with Gasteiger partial charge >= 0.3 is 0 Å². The number of carbonyl (C=O) groups excluding carboxylic acids is 1. The maximum Gasteiger partial charge on any atom is 0.143 e. The first-order valence-corrected chi connectivity index (χ1v) is 8.87. The van der Waals surface area contributed by atoms with E-state index in [1.54, 1.807) is 18.4 Å². The molecule has 25 heavy (non-hydrogen) atoms. The molecule has 5 rings (SSSR count). The zero-order valence-corrected chi connectivity index (χ0v) is 14.3. The fraction of sp³-hybridized carbons (Fsp3) is 0.550. The fourth-order valence-electron chi connectivity index (χ4n) is 6.14. The average Bonchev–Trinajstić information content (AvgIpc) is 2.73. The second-order valence-corrected chi connectivity index (χ2v) is 8.77. The van der Waals surface area contributed by atoms with E-state index < -0.39 is 17.6 Å². The van der Waals surface area contributed by atoms with Crippen molar-refractivity contribution >= 4 is 5.78 Å². The van der Waals surface area contributed by atoms with Gasteiger partial charge in [-0.1, -0.05) is 19.9 Å². The molecule has 6 atom stereocenters. The van der Waals surface area contributed by atoms with Gasteiger partial charge in [-0.15, -0.1) is 0 Å². The predicted molar refractivity (Wildman–Crippen MR) is 89.0 cm³/mol. The summed E-state index contributed by atoms with van der Waals surface area (Å²) in [6.45, 7) is 4.30. The van der Waals surface area contributed by atoms with Crippen LogP contribution < -0.4 is 4.74 Å². The van der Waals surface area contributed by atoms with Crippen molar-refractivity contribution in [2.45, 2.75) is 44.3 Å². The van der Waals surface area contributed by atoms with Gasteiger partial charge in [-0.25, -0.2) is 0 Å². The maximum absolute atomic E-state index is 12.8. The summed E-state index contributed by atoms with van der Waals surface area (Å²) in [5, 5.41) is 31.4. The van der Waals surface area contributed by atoms with Crippen LogP contribution in [0.15, 0.2) is 30.0 Å². The van der Waals surface area contributed by atoms with Gasteiger partial charge in [0, 0.05) is 35.8 Å².